The van der Waals surface area contributed by atoms with Gasteiger partial charge in [-0.05, 0) is 43.5 Å². The predicted octanol–water partition coefficient (Wildman–Crippen LogP) is 3.60. The summed E-state index contributed by atoms with van der Waals surface area (Å²) in [6, 6.07) is 5.19. The van der Waals surface area contributed by atoms with Gasteiger partial charge in [0, 0.05) is 23.7 Å². The number of benzene rings is 1. The fourth-order valence-electron chi connectivity index (χ4n) is 1.59. The summed E-state index contributed by atoms with van der Waals surface area (Å²) in [5.74, 6) is 0.474. The zero-order chi connectivity index (χ0) is 13.0. The fraction of sp³-hybridized carbons (Fsp3) is 0.429. The second-order valence-corrected chi connectivity index (χ2v) is 4.87. The molecule has 0 bridgehead atoms. The van der Waals surface area contributed by atoms with Crippen LogP contribution < -0.4 is 10.1 Å². The van der Waals surface area contributed by atoms with Crippen LogP contribution in [0.4, 0.5) is 4.39 Å². The van der Waals surface area contributed by atoms with Gasteiger partial charge < -0.3 is 10.1 Å². The number of ether oxygens (including phenoxy) is 1. The third-order valence-corrected chi connectivity index (χ3v) is 3.20. The Labute approximate surface area is 112 Å². The SMILES string of the molecule is C/C(=C/Cl)COc1ccc(F)cc1CNC1CC1. The summed E-state index contributed by atoms with van der Waals surface area (Å²) in [6.45, 7) is 2.95. The highest BCUT2D eigenvalue weighted by Crippen LogP contribution is 2.23. The molecule has 0 spiro atoms. The Balaban J connectivity index is 2.01. The van der Waals surface area contributed by atoms with Gasteiger partial charge in [-0.2, -0.15) is 0 Å². The van der Waals surface area contributed by atoms with Gasteiger partial charge in [-0.1, -0.05) is 11.6 Å². The molecule has 0 atom stereocenters. The van der Waals surface area contributed by atoms with Crippen LogP contribution in [-0.4, -0.2) is 12.6 Å². The van der Waals surface area contributed by atoms with Gasteiger partial charge in [0.2, 0.25) is 0 Å². The molecule has 1 saturated carbocycles. The van der Waals surface area contributed by atoms with Gasteiger partial charge in [0.05, 0.1) is 0 Å². The van der Waals surface area contributed by atoms with Gasteiger partial charge >= 0.3 is 0 Å². The van der Waals surface area contributed by atoms with Gasteiger partial charge in [-0.15, -0.1) is 0 Å². The molecule has 2 nitrogen and oxygen atoms in total. The van der Waals surface area contributed by atoms with Gasteiger partial charge in [-0.25, -0.2) is 4.39 Å². The van der Waals surface area contributed by atoms with Crippen LogP contribution in [0, 0.1) is 5.82 Å². The van der Waals surface area contributed by atoms with E-state index in [0.717, 1.165) is 11.1 Å². The molecule has 4 heteroatoms. The van der Waals surface area contributed by atoms with Crippen LogP contribution in [0.15, 0.2) is 29.3 Å². The first-order valence-electron chi connectivity index (χ1n) is 6.09. The maximum atomic E-state index is 13.2. The summed E-state index contributed by atoms with van der Waals surface area (Å²) in [4.78, 5) is 0. The van der Waals surface area contributed by atoms with Crippen molar-refractivity contribution in [3.8, 4) is 5.75 Å². The molecule has 1 aromatic rings. The zero-order valence-electron chi connectivity index (χ0n) is 10.4. The van der Waals surface area contributed by atoms with E-state index in [1.54, 1.807) is 6.07 Å². The average Bonchev–Trinajstić information content (AvgIpc) is 3.18. The molecule has 0 radical (unpaired) electrons. The van der Waals surface area contributed by atoms with E-state index in [1.807, 2.05) is 6.92 Å². The number of nitrogens with one attached hydrogen (secondary N) is 1. The molecular formula is C14H17ClFNO. The quantitative estimate of drug-likeness (QED) is 0.852. The third-order valence-electron chi connectivity index (χ3n) is 2.82. The molecule has 1 aliphatic rings. The molecule has 0 aromatic heterocycles. The second kappa shape index (κ2) is 6.21. The first-order valence-corrected chi connectivity index (χ1v) is 6.53. The van der Waals surface area contributed by atoms with Crippen molar-refractivity contribution in [1.29, 1.82) is 0 Å². The number of halogens is 2. The van der Waals surface area contributed by atoms with E-state index in [4.69, 9.17) is 16.3 Å². The van der Waals surface area contributed by atoms with E-state index in [-0.39, 0.29) is 5.82 Å². The minimum atomic E-state index is -0.237. The lowest BCUT2D eigenvalue weighted by atomic mass is 10.2. The van der Waals surface area contributed by atoms with E-state index in [9.17, 15) is 4.39 Å². The molecule has 1 fully saturated rings. The summed E-state index contributed by atoms with van der Waals surface area (Å²) in [5, 5.41) is 3.35. The van der Waals surface area contributed by atoms with Crippen molar-refractivity contribution in [1.82, 2.24) is 5.32 Å². The van der Waals surface area contributed by atoms with E-state index in [0.29, 0.717) is 24.9 Å². The van der Waals surface area contributed by atoms with Crippen LogP contribution >= 0.6 is 11.6 Å². The molecule has 0 saturated heterocycles. The van der Waals surface area contributed by atoms with Crippen molar-refractivity contribution < 1.29 is 9.13 Å². The molecule has 18 heavy (non-hydrogen) atoms. The minimum Gasteiger partial charge on any atom is -0.489 e. The predicted molar refractivity (Wildman–Crippen MR) is 71.4 cm³/mol. The Kier molecular flexibility index (Phi) is 4.61. The van der Waals surface area contributed by atoms with Gasteiger partial charge in [-0.3, -0.25) is 0 Å². The summed E-state index contributed by atoms with van der Waals surface area (Å²) in [6.07, 6.45) is 2.42. The van der Waals surface area contributed by atoms with E-state index >= 15 is 0 Å². The van der Waals surface area contributed by atoms with E-state index in [1.165, 1.54) is 30.5 Å². The monoisotopic (exact) mass is 269 g/mol. The summed E-state index contributed by atoms with van der Waals surface area (Å²) in [5.41, 5.74) is 3.28. The molecule has 1 aromatic carbocycles. The van der Waals surface area contributed by atoms with Crippen LogP contribution in [0.1, 0.15) is 25.3 Å². The van der Waals surface area contributed by atoms with Crippen molar-refractivity contribution >= 4 is 11.6 Å². The Morgan fingerprint density at radius 1 is 1.56 bits per heavy atom. The molecule has 0 unspecified atom stereocenters. The van der Waals surface area contributed by atoms with Gasteiger partial charge in [0.25, 0.3) is 0 Å². The molecule has 0 heterocycles. The first kappa shape index (κ1) is 13.4. The van der Waals surface area contributed by atoms with Crippen LogP contribution in [0.2, 0.25) is 0 Å². The number of hydrogen-bond donors (Lipinski definition) is 1. The Bertz CT molecular complexity index is 443. The van der Waals surface area contributed by atoms with Crippen LogP contribution in [0.3, 0.4) is 0 Å². The molecule has 2 rings (SSSR count). The van der Waals surface area contributed by atoms with Crippen molar-refractivity contribution in [2.24, 2.45) is 0 Å². The zero-order valence-corrected chi connectivity index (χ0v) is 11.1. The van der Waals surface area contributed by atoms with Crippen LogP contribution in [0.25, 0.3) is 0 Å². The van der Waals surface area contributed by atoms with E-state index in [2.05, 4.69) is 5.32 Å². The van der Waals surface area contributed by atoms with Crippen molar-refractivity contribution in [2.45, 2.75) is 32.4 Å². The maximum absolute atomic E-state index is 13.2. The van der Waals surface area contributed by atoms with Crippen molar-refractivity contribution in [2.75, 3.05) is 6.61 Å². The maximum Gasteiger partial charge on any atom is 0.124 e. The Morgan fingerprint density at radius 2 is 2.33 bits per heavy atom. The second-order valence-electron chi connectivity index (χ2n) is 4.65. The largest absolute Gasteiger partial charge is 0.489 e. The fourth-order valence-corrected chi connectivity index (χ4v) is 1.65. The average molecular weight is 270 g/mol. The van der Waals surface area contributed by atoms with Gasteiger partial charge in [0.1, 0.15) is 18.2 Å². The lowest BCUT2D eigenvalue weighted by Crippen LogP contribution is -2.16. The first-order chi connectivity index (χ1) is 8.69. The highest BCUT2D eigenvalue weighted by atomic mass is 35.5. The van der Waals surface area contributed by atoms with Crippen LogP contribution in [0.5, 0.6) is 5.75 Å². The molecule has 0 aliphatic heterocycles. The highest BCUT2D eigenvalue weighted by molar-refractivity contribution is 6.25. The lowest BCUT2D eigenvalue weighted by molar-refractivity contribution is 0.346. The Morgan fingerprint density at radius 3 is 3.00 bits per heavy atom. The molecule has 0 amide bonds. The number of rotatable bonds is 6. The molecular weight excluding hydrogens is 253 g/mol. The smallest absolute Gasteiger partial charge is 0.124 e. The summed E-state index contributed by atoms with van der Waals surface area (Å²) in [7, 11) is 0. The van der Waals surface area contributed by atoms with Crippen molar-refractivity contribution in [3.63, 3.8) is 0 Å². The Hall–Kier alpha value is -1.06. The molecule has 98 valence electrons. The molecule has 1 aliphatic carbocycles. The van der Waals surface area contributed by atoms with Crippen LogP contribution in [-0.2, 0) is 6.54 Å². The van der Waals surface area contributed by atoms with Crippen molar-refractivity contribution in [3.05, 3.63) is 40.7 Å². The standard InChI is InChI=1S/C14H17ClFNO/c1-10(7-15)9-18-14-5-2-12(16)6-11(14)8-17-13-3-4-13/h2,5-7,13,17H,3-4,8-9H2,1H3/b10-7-. The lowest BCUT2D eigenvalue weighted by Gasteiger charge is -2.12. The number of hydrogen-bond acceptors (Lipinski definition) is 2. The normalized spacial score (nSPS) is 15.8. The summed E-state index contributed by atoms with van der Waals surface area (Å²) >= 11 is 5.58. The summed E-state index contributed by atoms with van der Waals surface area (Å²) < 4.78 is 18.9. The molecule has 1 N–H and O–H groups in total. The topological polar surface area (TPSA) is 21.3 Å². The van der Waals surface area contributed by atoms with Gasteiger partial charge in [0.15, 0.2) is 0 Å². The highest BCUT2D eigenvalue weighted by Gasteiger charge is 2.20. The third kappa shape index (κ3) is 4.00. The minimum absolute atomic E-state index is 0.237. The van der Waals surface area contributed by atoms with E-state index < -0.39 is 0 Å².